The van der Waals surface area contributed by atoms with Crippen molar-refractivity contribution in [3.63, 3.8) is 0 Å². The number of hydrogen-bond donors (Lipinski definition) is 0. The molecule has 1 aromatic heterocycles. The van der Waals surface area contributed by atoms with Crippen LogP contribution in [0.1, 0.15) is 20.8 Å². The standard InChI is InChI=1S/C12H9ClN2O3/c1-18-12(17)11-8(7-16)6-15(14-11)10-5-3-2-4-9(10)13/h2-7H,1H3. The molecule has 0 radical (unpaired) electrons. The lowest BCUT2D eigenvalue weighted by atomic mass is 10.3. The second-order valence-electron chi connectivity index (χ2n) is 3.44. The topological polar surface area (TPSA) is 61.2 Å². The van der Waals surface area contributed by atoms with E-state index in [9.17, 15) is 9.59 Å². The van der Waals surface area contributed by atoms with Gasteiger partial charge in [-0.3, -0.25) is 4.79 Å². The van der Waals surface area contributed by atoms with Crippen molar-refractivity contribution < 1.29 is 14.3 Å². The molecule has 0 aliphatic carbocycles. The summed E-state index contributed by atoms with van der Waals surface area (Å²) in [5, 5.41) is 4.48. The number of carbonyl (C=O) groups excluding carboxylic acids is 2. The first-order valence-electron chi connectivity index (χ1n) is 5.05. The molecule has 1 aromatic carbocycles. The normalized spacial score (nSPS) is 10.1. The lowest BCUT2D eigenvalue weighted by Crippen LogP contribution is -2.06. The van der Waals surface area contributed by atoms with Crippen molar-refractivity contribution in [2.45, 2.75) is 0 Å². The van der Waals surface area contributed by atoms with Gasteiger partial charge in [0.2, 0.25) is 0 Å². The van der Waals surface area contributed by atoms with Gasteiger partial charge in [-0.05, 0) is 12.1 Å². The molecule has 0 spiro atoms. The predicted octanol–water partition coefficient (Wildman–Crippen LogP) is 2.12. The van der Waals surface area contributed by atoms with Crippen LogP contribution in [0.15, 0.2) is 30.5 Å². The second kappa shape index (κ2) is 5.01. The summed E-state index contributed by atoms with van der Waals surface area (Å²) in [4.78, 5) is 22.3. The fourth-order valence-corrected chi connectivity index (χ4v) is 1.71. The third kappa shape index (κ3) is 2.12. The summed E-state index contributed by atoms with van der Waals surface area (Å²) in [6, 6.07) is 6.97. The second-order valence-corrected chi connectivity index (χ2v) is 3.85. The van der Waals surface area contributed by atoms with Crippen LogP contribution in [0.25, 0.3) is 5.69 Å². The number of hydrogen-bond acceptors (Lipinski definition) is 4. The van der Waals surface area contributed by atoms with E-state index in [2.05, 4.69) is 9.84 Å². The average Bonchev–Trinajstić information content (AvgIpc) is 2.82. The van der Waals surface area contributed by atoms with Gasteiger partial charge in [0, 0.05) is 6.20 Å². The Labute approximate surface area is 108 Å². The highest BCUT2D eigenvalue weighted by molar-refractivity contribution is 6.32. The molecular weight excluding hydrogens is 256 g/mol. The largest absolute Gasteiger partial charge is 0.464 e. The highest BCUT2D eigenvalue weighted by atomic mass is 35.5. The van der Waals surface area contributed by atoms with E-state index in [0.29, 0.717) is 17.0 Å². The van der Waals surface area contributed by atoms with Gasteiger partial charge in [-0.15, -0.1) is 0 Å². The van der Waals surface area contributed by atoms with E-state index in [1.807, 2.05) is 0 Å². The zero-order valence-corrected chi connectivity index (χ0v) is 10.2. The average molecular weight is 265 g/mol. The number of benzene rings is 1. The van der Waals surface area contributed by atoms with Crippen molar-refractivity contribution in [2.75, 3.05) is 7.11 Å². The van der Waals surface area contributed by atoms with Crippen molar-refractivity contribution in [1.29, 1.82) is 0 Å². The van der Waals surface area contributed by atoms with Gasteiger partial charge in [0.25, 0.3) is 0 Å². The molecule has 6 heteroatoms. The molecule has 18 heavy (non-hydrogen) atoms. The van der Waals surface area contributed by atoms with E-state index >= 15 is 0 Å². The zero-order valence-electron chi connectivity index (χ0n) is 9.46. The van der Waals surface area contributed by atoms with Gasteiger partial charge in [0.05, 0.1) is 23.4 Å². The Bertz CT molecular complexity index is 607. The van der Waals surface area contributed by atoms with Crippen LogP contribution in [0.5, 0.6) is 0 Å². The van der Waals surface area contributed by atoms with Crippen molar-refractivity contribution in [2.24, 2.45) is 0 Å². The molecule has 2 rings (SSSR count). The smallest absolute Gasteiger partial charge is 0.359 e. The highest BCUT2D eigenvalue weighted by Gasteiger charge is 2.18. The SMILES string of the molecule is COC(=O)c1nn(-c2ccccc2Cl)cc1C=O. The number of halogens is 1. The molecule has 0 saturated carbocycles. The van der Waals surface area contributed by atoms with Gasteiger partial charge in [-0.25, -0.2) is 9.48 Å². The number of aldehydes is 1. The van der Waals surface area contributed by atoms with Gasteiger partial charge in [-0.2, -0.15) is 5.10 Å². The molecule has 0 aliphatic rings. The minimum absolute atomic E-state index is 0.0348. The summed E-state index contributed by atoms with van der Waals surface area (Å²) in [7, 11) is 1.23. The molecular formula is C12H9ClN2O3. The molecule has 0 aliphatic heterocycles. The van der Waals surface area contributed by atoms with Crippen molar-refractivity contribution in [3.8, 4) is 5.69 Å². The van der Waals surface area contributed by atoms with E-state index in [1.165, 1.54) is 18.0 Å². The van der Waals surface area contributed by atoms with E-state index in [1.54, 1.807) is 24.3 Å². The summed E-state index contributed by atoms with van der Waals surface area (Å²) in [5.41, 5.74) is 0.701. The molecule has 0 unspecified atom stereocenters. The van der Waals surface area contributed by atoms with Crippen LogP contribution >= 0.6 is 11.6 Å². The van der Waals surface area contributed by atoms with Crippen LogP contribution in [-0.2, 0) is 4.74 Å². The fraction of sp³-hybridized carbons (Fsp3) is 0.0833. The molecule has 2 aromatic rings. The molecule has 0 N–H and O–H groups in total. The minimum Gasteiger partial charge on any atom is -0.464 e. The van der Waals surface area contributed by atoms with E-state index in [0.717, 1.165) is 0 Å². The van der Waals surface area contributed by atoms with Gasteiger partial charge in [0.1, 0.15) is 0 Å². The zero-order chi connectivity index (χ0) is 13.1. The summed E-state index contributed by atoms with van der Waals surface area (Å²) in [5.74, 6) is -0.664. The quantitative estimate of drug-likeness (QED) is 0.629. The first kappa shape index (κ1) is 12.3. The molecule has 0 fully saturated rings. The van der Waals surface area contributed by atoms with Gasteiger partial charge in [0.15, 0.2) is 12.0 Å². The highest BCUT2D eigenvalue weighted by Crippen LogP contribution is 2.20. The van der Waals surface area contributed by atoms with Crippen molar-refractivity contribution in [3.05, 3.63) is 46.7 Å². The Morgan fingerprint density at radius 1 is 1.44 bits per heavy atom. The van der Waals surface area contributed by atoms with E-state index in [4.69, 9.17) is 11.6 Å². The monoisotopic (exact) mass is 264 g/mol. The third-order valence-corrected chi connectivity index (χ3v) is 2.67. The Morgan fingerprint density at radius 3 is 2.78 bits per heavy atom. The molecule has 92 valence electrons. The Balaban J connectivity index is 2.54. The minimum atomic E-state index is -0.664. The fourth-order valence-electron chi connectivity index (χ4n) is 1.49. The summed E-state index contributed by atoms with van der Waals surface area (Å²) in [6.45, 7) is 0. The molecule has 0 bridgehead atoms. The van der Waals surface area contributed by atoms with Crippen molar-refractivity contribution in [1.82, 2.24) is 9.78 Å². The van der Waals surface area contributed by atoms with Crippen LogP contribution in [0.3, 0.4) is 0 Å². The van der Waals surface area contributed by atoms with Crippen molar-refractivity contribution >= 4 is 23.9 Å². The Hall–Kier alpha value is -2.14. The van der Waals surface area contributed by atoms with Crippen LogP contribution in [-0.4, -0.2) is 29.1 Å². The van der Waals surface area contributed by atoms with Crippen LogP contribution < -0.4 is 0 Å². The number of aromatic nitrogens is 2. The molecule has 0 amide bonds. The van der Waals surface area contributed by atoms with Gasteiger partial charge in [-0.1, -0.05) is 23.7 Å². The number of nitrogens with zero attached hydrogens (tertiary/aromatic N) is 2. The Kier molecular flexibility index (Phi) is 3.43. The predicted molar refractivity (Wildman–Crippen MR) is 65.3 cm³/mol. The first-order valence-corrected chi connectivity index (χ1v) is 5.43. The number of carbonyl (C=O) groups is 2. The number of methoxy groups -OCH3 is 1. The first-order chi connectivity index (χ1) is 8.67. The lowest BCUT2D eigenvalue weighted by molar-refractivity contribution is 0.0591. The van der Waals surface area contributed by atoms with Crippen LogP contribution in [0.2, 0.25) is 5.02 Å². The maximum absolute atomic E-state index is 11.4. The maximum Gasteiger partial charge on any atom is 0.359 e. The number of rotatable bonds is 3. The summed E-state index contributed by atoms with van der Waals surface area (Å²) >= 11 is 6.01. The molecule has 0 saturated heterocycles. The summed E-state index contributed by atoms with van der Waals surface area (Å²) in [6.07, 6.45) is 1.98. The van der Waals surface area contributed by atoms with Gasteiger partial charge >= 0.3 is 5.97 Å². The molecule has 1 heterocycles. The van der Waals surface area contributed by atoms with E-state index in [-0.39, 0.29) is 11.3 Å². The molecule has 0 atom stereocenters. The van der Waals surface area contributed by atoms with E-state index < -0.39 is 5.97 Å². The van der Waals surface area contributed by atoms with Crippen LogP contribution in [0.4, 0.5) is 0 Å². The third-order valence-electron chi connectivity index (χ3n) is 2.35. The number of para-hydroxylation sites is 1. The number of esters is 1. The Morgan fingerprint density at radius 2 is 2.17 bits per heavy atom. The maximum atomic E-state index is 11.4. The lowest BCUT2D eigenvalue weighted by Gasteiger charge is -2.02. The van der Waals surface area contributed by atoms with Crippen LogP contribution in [0, 0.1) is 0 Å². The summed E-state index contributed by atoms with van der Waals surface area (Å²) < 4.78 is 5.92. The molecule has 5 nitrogen and oxygen atoms in total. The van der Waals surface area contributed by atoms with Gasteiger partial charge < -0.3 is 4.74 Å². The number of ether oxygens (including phenoxy) is 1.